The molecule has 1 saturated heterocycles. The third kappa shape index (κ3) is 7.58. The van der Waals surface area contributed by atoms with Crippen molar-refractivity contribution in [1.82, 2.24) is 19.8 Å². The number of nitrogens with zero attached hydrogens (tertiary/aromatic N) is 4. The number of rotatable bonds is 5. The molecule has 2 N–H and O–H groups in total. The summed E-state index contributed by atoms with van der Waals surface area (Å²) >= 11 is 0. The summed E-state index contributed by atoms with van der Waals surface area (Å²) in [6.07, 6.45) is -2.95. The standard InChI is InChI=1S/C33H31F3N6O2/c1-21-4-7-25(17-24(21)8-5-23-6-9-26-19-37-32(38-22(2)43)40-30(26)16-23)31(44)39-28-11-10-27(29(18-28)33(34,35)36)20-42-14-12-41(3)13-15-42/h4,6-7,9-11,16-19H,12-15,20H2,1-3H3,(H,39,44)(H,37,38,40,43). The third-order valence-electron chi connectivity index (χ3n) is 7.37. The molecule has 3 aromatic carbocycles. The fourth-order valence-electron chi connectivity index (χ4n) is 4.86. The lowest BCUT2D eigenvalue weighted by Gasteiger charge is -2.33. The van der Waals surface area contributed by atoms with Crippen molar-refractivity contribution in [3.63, 3.8) is 0 Å². The van der Waals surface area contributed by atoms with Gasteiger partial charge in [-0.15, -0.1) is 0 Å². The Hall–Kier alpha value is -4.79. The second kappa shape index (κ2) is 12.8. The highest BCUT2D eigenvalue weighted by Crippen LogP contribution is 2.35. The largest absolute Gasteiger partial charge is 0.416 e. The number of alkyl halides is 3. The number of fused-ring (bicyclic) bond motifs is 1. The quantitative estimate of drug-likeness (QED) is 0.302. The van der Waals surface area contributed by atoms with Gasteiger partial charge in [0.2, 0.25) is 11.9 Å². The van der Waals surface area contributed by atoms with Gasteiger partial charge >= 0.3 is 6.18 Å². The number of nitrogens with one attached hydrogen (secondary N) is 2. The van der Waals surface area contributed by atoms with Crippen molar-refractivity contribution in [3.05, 3.63) is 94.2 Å². The van der Waals surface area contributed by atoms with Crippen LogP contribution >= 0.6 is 0 Å². The third-order valence-corrected chi connectivity index (χ3v) is 7.37. The maximum Gasteiger partial charge on any atom is 0.416 e. The first-order chi connectivity index (χ1) is 20.9. The minimum atomic E-state index is -4.56. The lowest BCUT2D eigenvalue weighted by atomic mass is 10.0. The van der Waals surface area contributed by atoms with Crippen LogP contribution in [0.25, 0.3) is 10.9 Å². The summed E-state index contributed by atoms with van der Waals surface area (Å²) in [5, 5.41) is 5.95. The molecule has 0 saturated carbocycles. The number of benzene rings is 3. The van der Waals surface area contributed by atoms with Crippen LogP contribution < -0.4 is 10.6 Å². The van der Waals surface area contributed by atoms with E-state index in [1.54, 1.807) is 30.5 Å². The molecular weight excluding hydrogens is 569 g/mol. The van der Waals surface area contributed by atoms with E-state index < -0.39 is 17.6 Å². The lowest BCUT2D eigenvalue weighted by molar-refractivity contribution is -0.138. The zero-order valence-electron chi connectivity index (χ0n) is 24.5. The molecule has 4 aromatic rings. The SMILES string of the molecule is CC(=O)Nc1ncc2ccc(C#Cc3cc(C(=O)Nc4ccc(CN5CCN(C)CC5)c(C(F)(F)F)c4)ccc3C)cc2n1. The lowest BCUT2D eigenvalue weighted by Crippen LogP contribution is -2.44. The van der Waals surface area contributed by atoms with Crippen molar-refractivity contribution in [2.45, 2.75) is 26.6 Å². The van der Waals surface area contributed by atoms with Gasteiger partial charge in [0.15, 0.2) is 0 Å². The number of aryl methyl sites for hydroxylation is 1. The Morgan fingerprint density at radius 2 is 1.73 bits per heavy atom. The van der Waals surface area contributed by atoms with Crippen LogP contribution in [-0.4, -0.2) is 64.8 Å². The zero-order valence-corrected chi connectivity index (χ0v) is 24.5. The molecule has 8 nitrogen and oxygen atoms in total. The van der Waals surface area contributed by atoms with E-state index in [4.69, 9.17) is 0 Å². The molecule has 44 heavy (non-hydrogen) atoms. The van der Waals surface area contributed by atoms with E-state index in [1.807, 2.05) is 31.0 Å². The van der Waals surface area contributed by atoms with E-state index in [-0.39, 0.29) is 35.2 Å². The maximum absolute atomic E-state index is 14.0. The van der Waals surface area contributed by atoms with Gasteiger partial charge in [-0.25, -0.2) is 9.97 Å². The van der Waals surface area contributed by atoms with Gasteiger partial charge in [-0.1, -0.05) is 30.0 Å². The van der Waals surface area contributed by atoms with Crippen LogP contribution in [0.5, 0.6) is 0 Å². The minimum absolute atomic E-state index is 0.0643. The first-order valence-corrected chi connectivity index (χ1v) is 14.0. The Morgan fingerprint density at radius 3 is 2.45 bits per heavy atom. The summed E-state index contributed by atoms with van der Waals surface area (Å²) in [4.78, 5) is 37.0. The molecule has 226 valence electrons. The molecule has 11 heteroatoms. The molecule has 0 unspecified atom stereocenters. The first kappa shape index (κ1) is 30.7. The number of piperazine rings is 1. The van der Waals surface area contributed by atoms with Gasteiger partial charge < -0.3 is 10.2 Å². The van der Waals surface area contributed by atoms with E-state index in [1.165, 1.54) is 19.1 Å². The van der Waals surface area contributed by atoms with Crippen LogP contribution in [0.15, 0.2) is 60.8 Å². The number of likely N-dealkylation sites (N-methyl/N-ethyl adjacent to an activating group) is 1. The fraction of sp³-hybridized carbons (Fsp3) is 0.273. The topological polar surface area (TPSA) is 90.5 Å². The number of hydrogen-bond donors (Lipinski definition) is 2. The van der Waals surface area contributed by atoms with E-state index >= 15 is 0 Å². The molecule has 1 aliphatic heterocycles. The molecule has 0 atom stereocenters. The highest BCUT2D eigenvalue weighted by atomic mass is 19.4. The summed E-state index contributed by atoms with van der Waals surface area (Å²) in [5.74, 6) is 5.52. The van der Waals surface area contributed by atoms with Gasteiger partial charge in [-0.3, -0.25) is 19.8 Å². The highest BCUT2D eigenvalue weighted by molar-refractivity contribution is 6.04. The molecule has 0 radical (unpaired) electrons. The van der Waals surface area contributed by atoms with Gasteiger partial charge in [0.1, 0.15) is 0 Å². The summed E-state index contributed by atoms with van der Waals surface area (Å²) in [5.41, 5.74) is 2.45. The molecule has 5 rings (SSSR count). The van der Waals surface area contributed by atoms with E-state index in [2.05, 4.69) is 37.3 Å². The molecule has 0 spiro atoms. The summed E-state index contributed by atoms with van der Waals surface area (Å²) in [6, 6.07) is 14.3. The number of halogens is 3. The van der Waals surface area contributed by atoms with Crippen molar-refractivity contribution in [2.75, 3.05) is 43.9 Å². The Morgan fingerprint density at radius 1 is 0.955 bits per heavy atom. The highest BCUT2D eigenvalue weighted by Gasteiger charge is 2.34. The van der Waals surface area contributed by atoms with Gasteiger partial charge in [-0.2, -0.15) is 13.2 Å². The Kier molecular flexibility index (Phi) is 8.94. The first-order valence-electron chi connectivity index (χ1n) is 14.0. The average Bonchev–Trinajstić information content (AvgIpc) is 2.97. The van der Waals surface area contributed by atoms with Crippen molar-refractivity contribution in [3.8, 4) is 11.8 Å². The van der Waals surface area contributed by atoms with E-state index in [0.717, 1.165) is 30.1 Å². The van der Waals surface area contributed by atoms with Crippen LogP contribution in [0.3, 0.4) is 0 Å². The van der Waals surface area contributed by atoms with E-state index in [0.29, 0.717) is 29.7 Å². The Bertz CT molecular complexity index is 1790. The van der Waals surface area contributed by atoms with Crippen LogP contribution in [0.2, 0.25) is 0 Å². The van der Waals surface area contributed by atoms with Crippen LogP contribution in [0.1, 0.15) is 45.1 Å². The van der Waals surface area contributed by atoms with Gasteiger partial charge in [0.25, 0.3) is 5.91 Å². The number of anilines is 2. The number of carbonyl (C=O) groups excluding carboxylic acids is 2. The second-order valence-electron chi connectivity index (χ2n) is 10.8. The molecule has 0 aliphatic carbocycles. The predicted octanol–water partition coefficient (Wildman–Crippen LogP) is 5.31. The van der Waals surface area contributed by atoms with Crippen molar-refractivity contribution >= 4 is 34.4 Å². The summed E-state index contributed by atoms with van der Waals surface area (Å²) in [6.45, 7) is 6.41. The molecular formula is C33H31F3N6O2. The van der Waals surface area contributed by atoms with Crippen LogP contribution in [0, 0.1) is 18.8 Å². The minimum Gasteiger partial charge on any atom is -0.322 e. The van der Waals surface area contributed by atoms with Gasteiger partial charge in [0, 0.05) is 73.6 Å². The zero-order chi connectivity index (χ0) is 31.4. The van der Waals surface area contributed by atoms with E-state index in [9.17, 15) is 22.8 Å². The number of carbonyl (C=O) groups is 2. The molecule has 1 fully saturated rings. The molecule has 1 aliphatic rings. The van der Waals surface area contributed by atoms with Crippen LogP contribution in [0.4, 0.5) is 24.8 Å². The van der Waals surface area contributed by atoms with Crippen LogP contribution in [-0.2, 0) is 17.5 Å². The number of hydrogen-bond acceptors (Lipinski definition) is 6. The summed E-state index contributed by atoms with van der Waals surface area (Å²) in [7, 11) is 1.99. The normalized spacial score (nSPS) is 14.1. The smallest absolute Gasteiger partial charge is 0.322 e. The molecule has 0 bridgehead atoms. The fourth-order valence-corrected chi connectivity index (χ4v) is 4.86. The van der Waals surface area contributed by atoms with Crippen molar-refractivity contribution < 1.29 is 22.8 Å². The van der Waals surface area contributed by atoms with Crippen molar-refractivity contribution in [1.29, 1.82) is 0 Å². The Labute approximate surface area is 253 Å². The van der Waals surface area contributed by atoms with Gasteiger partial charge in [0.05, 0.1) is 11.1 Å². The number of aromatic nitrogens is 2. The average molecular weight is 601 g/mol. The molecule has 2 amide bonds. The predicted molar refractivity (Wildman–Crippen MR) is 163 cm³/mol. The monoisotopic (exact) mass is 600 g/mol. The second-order valence-corrected chi connectivity index (χ2v) is 10.8. The number of amides is 2. The Balaban J connectivity index is 1.34. The maximum atomic E-state index is 14.0. The van der Waals surface area contributed by atoms with Crippen molar-refractivity contribution in [2.24, 2.45) is 0 Å². The summed E-state index contributed by atoms with van der Waals surface area (Å²) < 4.78 is 42.0. The molecule has 2 heterocycles. The van der Waals surface area contributed by atoms with Gasteiger partial charge in [-0.05, 0) is 61.5 Å². The molecule has 1 aromatic heterocycles.